The summed E-state index contributed by atoms with van der Waals surface area (Å²) in [6, 6.07) is 0. The number of rotatable bonds is 12. The van der Waals surface area contributed by atoms with Crippen molar-refractivity contribution in [3.05, 3.63) is 0 Å². The summed E-state index contributed by atoms with van der Waals surface area (Å²) in [5, 5.41) is 0. The van der Waals surface area contributed by atoms with Gasteiger partial charge in [-0.15, -0.1) is 11.6 Å². The molecule has 92 valence electrons. The second kappa shape index (κ2) is 14.2. The minimum atomic E-state index is 0.735. The third-order valence-corrected chi connectivity index (χ3v) is 2.45. The topological polar surface area (TPSA) is 18.5 Å². The van der Waals surface area contributed by atoms with Gasteiger partial charge in [0, 0.05) is 19.1 Å². The Balaban J connectivity index is 2.81. The SMILES string of the molecule is CCCCOCCOCCCCCCCl. The third-order valence-electron chi connectivity index (χ3n) is 2.19. The Bertz CT molecular complexity index is 97.8. The summed E-state index contributed by atoms with van der Waals surface area (Å²) in [7, 11) is 0. The summed E-state index contributed by atoms with van der Waals surface area (Å²) < 4.78 is 10.8. The van der Waals surface area contributed by atoms with Crippen molar-refractivity contribution in [3.63, 3.8) is 0 Å². The largest absolute Gasteiger partial charge is 0.379 e. The monoisotopic (exact) mass is 236 g/mol. The van der Waals surface area contributed by atoms with Gasteiger partial charge >= 0.3 is 0 Å². The highest BCUT2D eigenvalue weighted by molar-refractivity contribution is 6.17. The molecule has 0 spiro atoms. The Morgan fingerprint density at radius 3 is 1.93 bits per heavy atom. The molecule has 0 rings (SSSR count). The minimum Gasteiger partial charge on any atom is -0.379 e. The van der Waals surface area contributed by atoms with E-state index in [2.05, 4.69) is 6.92 Å². The normalized spacial score (nSPS) is 10.8. The van der Waals surface area contributed by atoms with Crippen molar-refractivity contribution in [1.29, 1.82) is 0 Å². The van der Waals surface area contributed by atoms with E-state index in [4.69, 9.17) is 21.1 Å². The molecule has 2 nitrogen and oxygen atoms in total. The zero-order chi connectivity index (χ0) is 11.2. The van der Waals surface area contributed by atoms with Gasteiger partial charge in [0.05, 0.1) is 13.2 Å². The molecule has 0 fully saturated rings. The van der Waals surface area contributed by atoms with Crippen molar-refractivity contribution in [2.45, 2.75) is 45.4 Å². The van der Waals surface area contributed by atoms with E-state index in [1.54, 1.807) is 0 Å². The molecule has 0 saturated carbocycles. The summed E-state index contributed by atoms with van der Waals surface area (Å²) >= 11 is 5.58. The maximum absolute atomic E-state index is 5.58. The Morgan fingerprint density at radius 1 is 0.733 bits per heavy atom. The molecular weight excluding hydrogens is 212 g/mol. The van der Waals surface area contributed by atoms with Crippen molar-refractivity contribution in [3.8, 4) is 0 Å². The molecule has 3 heteroatoms. The first-order valence-corrected chi connectivity index (χ1v) is 6.66. The van der Waals surface area contributed by atoms with Gasteiger partial charge in [-0.3, -0.25) is 0 Å². The highest BCUT2D eigenvalue weighted by Crippen LogP contribution is 2.01. The second-order valence-electron chi connectivity index (χ2n) is 3.68. The molecule has 0 heterocycles. The van der Waals surface area contributed by atoms with Crippen molar-refractivity contribution >= 4 is 11.6 Å². The van der Waals surface area contributed by atoms with Crippen LogP contribution in [0.5, 0.6) is 0 Å². The van der Waals surface area contributed by atoms with Gasteiger partial charge in [0.2, 0.25) is 0 Å². The Labute approximate surface area is 99.3 Å². The van der Waals surface area contributed by atoms with Crippen molar-refractivity contribution < 1.29 is 9.47 Å². The fraction of sp³-hybridized carbons (Fsp3) is 1.00. The van der Waals surface area contributed by atoms with E-state index in [-0.39, 0.29) is 0 Å². The Kier molecular flexibility index (Phi) is 14.4. The van der Waals surface area contributed by atoms with Gasteiger partial charge in [0.25, 0.3) is 0 Å². The lowest BCUT2D eigenvalue weighted by atomic mass is 10.2. The summed E-state index contributed by atoms with van der Waals surface area (Å²) in [6.07, 6.45) is 7.07. The highest BCUT2D eigenvalue weighted by atomic mass is 35.5. The van der Waals surface area contributed by atoms with Crippen molar-refractivity contribution in [2.24, 2.45) is 0 Å². The van der Waals surface area contributed by atoms with Crippen LogP contribution in [0.15, 0.2) is 0 Å². The van der Waals surface area contributed by atoms with Gasteiger partial charge in [-0.25, -0.2) is 0 Å². The number of hydrogen-bond acceptors (Lipinski definition) is 2. The quantitative estimate of drug-likeness (QED) is 0.381. The van der Waals surface area contributed by atoms with Crippen LogP contribution in [0.1, 0.15) is 45.4 Å². The lowest BCUT2D eigenvalue weighted by molar-refractivity contribution is 0.0453. The van der Waals surface area contributed by atoms with Gasteiger partial charge in [-0.05, 0) is 19.3 Å². The minimum absolute atomic E-state index is 0.735. The maximum Gasteiger partial charge on any atom is 0.0700 e. The van der Waals surface area contributed by atoms with E-state index < -0.39 is 0 Å². The number of hydrogen-bond donors (Lipinski definition) is 0. The van der Waals surface area contributed by atoms with Crippen LogP contribution in [0.3, 0.4) is 0 Å². The molecule has 0 radical (unpaired) electrons. The number of alkyl halides is 1. The van der Waals surface area contributed by atoms with Gasteiger partial charge in [-0.2, -0.15) is 0 Å². The Hall–Kier alpha value is 0.210. The van der Waals surface area contributed by atoms with Crippen LogP contribution in [-0.2, 0) is 9.47 Å². The maximum atomic E-state index is 5.58. The number of ether oxygens (including phenoxy) is 2. The molecule has 0 amide bonds. The molecular formula is C12H25ClO2. The number of halogens is 1. The van der Waals surface area contributed by atoms with Crippen LogP contribution in [-0.4, -0.2) is 32.3 Å². The van der Waals surface area contributed by atoms with Crippen molar-refractivity contribution in [1.82, 2.24) is 0 Å². The average molecular weight is 237 g/mol. The molecule has 0 aliphatic carbocycles. The van der Waals surface area contributed by atoms with Crippen LogP contribution in [0.2, 0.25) is 0 Å². The fourth-order valence-electron chi connectivity index (χ4n) is 1.22. The first-order chi connectivity index (χ1) is 7.41. The van der Waals surface area contributed by atoms with E-state index in [0.29, 0.717) is 0 Å². The molecule has 15 heavy (non-hydrogen) atoms. The van der Waals surface area contributed by atoms with E-state index in [9.17, 15) is 0 Å². The fourth-order valence-corrected chi connectivity index (χ4v) is 1.41. The highest BCUT2D eigenvalue weighted by Gasteiger charge is 1.91. The lowest BCUT2D eigenvalue weighted by Gasteiger charge is -2.05. The molecule has 0 N–H and O–H groups in total. The van der Waals surface area contributed by atoms with E-state index in [1.165, 1.54) is 19.3 Å². The van der Waals surface area contributed by atoms with Gasteiger partial charge < -0.3 is 9.47 Å². The standard InChI is InChI=1S/C12H25ClO2/c1-2-3-9-14-11-12-15-10-7-5-4-6-8-13/h2-12H2,1H3. The smallest absolute Gasteiger partial charge is 0.0700 e. The van der Waals surface area contributed by atoms with Crippen molar-refractivity contribution in [2.75, 3.05) is 32.3 Å². The molecule has 0 bridgehead atoms. The van der Waals surface area contributed by atoms with Crippen LogP contribution in [0.25, 0.3) is 0 Å². The molecule has 0 aromatic carbocycles. The molecule has 0 aliphatic heterocycles. The van der Waals surface area contributed by atoms with Gasteiger partial charge in [0.15, 0.2) is 0 Å². The first-order valence-electron chi connectivity index (χ1n) is 6.13. The molecule has 0 aromatic rings. The molecule has 0 aliphatic rings. The predicted molar refractivity (Wildman–Crippen MR) is 65.7 cm³/mol. The lowest BCUT2D eigenvalue weighted by Crippen LogP contribution is -2.06. The molecule has 0 unspecified atom stereocenters. The third kappa shape index (κ3) is 14.2. The first kappa shape index (κ1) is 15.2. The average Bonchev–Trinajstić information content (AvgIpc) is 2.26. The number of unbranched alkanes of at least 4 members (excludes halogenated alkanes) is 4. The van der Waals surface area contributed by atoms with E-state index in [0.717, 1.165) is 51.6 Å². The molecule has 0 saturated heterocycles. The zero-order valence-corrected chi connectivity index (χ0v) is 10.7. The summed E-state index contributed by atoms with van der Waals surface area (Å²) in [4.78, 5) is 0. The van der Waals surface area contributed by atoms with Gasteiger partial charge in [-0.1, -0.05) is 26.2 Å². The van der Waals surface area contributed by atoms with Crippen LogP contribution >= 0.6 is 11.6 Å². The van der Waals surface area contributed by atoms with Gasteiger partial charge in [0.1, 0.15) is 0 Å². The summed E-state index contributed by atoms with van der Waals surface area (Å²) in [6.45, 7) is 5.37. The van der Waals surface area contributed by atoms with Crippen LogP contribution in [0.4, 0.5) is 0 Å². The molecule has 0 aromatic heterocycles. The van der Waals surface area contributed by atoms with Crippen LogP contribution < -0.4 is 0 Å². The van der Waals surface area contributed by atoms with E-state index in [1.807, 2.05) is 0 Å². The Morgan fingerprint density at radius 2 is 1.33 bits per heavy atom. The predicted octanol–water partition coefficient (Wildman–Crippen LogP) is 3.62. The molecule has 0 atom stereocenters. The second-order valence-corrected chi connectivity index (χ2v) is 4.06. The summed E-state index contributed by atoms with van der Waals surface area (Å²) in [5.74, 6) is 0.784. The zero-order valence-electron chi connectivity index (χ0n) is 9.97. The van der Waals surface area contributed by atoms with Crippen LogP contribution in [0, 0.1) is 0 Å². The van der Waals surface area contributed by atoms with E-state index >= 15 is 0 Å². The summed E-state index contributed by atoms with van der Waals surface area (Å²) in [5.41, 5.74) is 0.